The maximum Gasteiger partial charge on any atom is 0.119 e. The molecule has 1 heterocycles. The predicted molar refractivity (Wildman–Crippen MR) is 83.1 cm³/mol. The van der Waals surface area contributed by atoms with Crippen molar-refractivity contribution in [3.05, 3.63) is 53.3 Å². The first kappa shape index (κ1) is 14.7. The van der Waals surface area contributed by atoms with Gasteiger partial charge in [-0.2, -0.15) is 0 Å². The molecule has 0 aliphatic heterocycles. The van der Waals surface area contributed by atoms with Crippen LogP contribution in [0.4, 0.5) is 0 Å². The highest BCUT2D eigenvalue weighted by molar-refractivity contribution is 5.26. The number of aryl methyl sites for hydroxylation is 1. The van der Waals surface area contributed by atoms with E-state index in [0.717, 1.165) is 31.9 Å². The number of nitrogens with zero attached hydrogens (tertiary/aromatic N) is 1. The van der Waals surface area contributed by atoms with E-state index in [0.29, 0.717) is 0 Å². The number of nitrogens with one attached hydrogen (secondary N) is 1. The van der Waals surface area contributed by atoms with Gasteiger partial charge in [0.25, 0.3) is 0 Å². The van der Waals surface area contributed by atoms with Gasteiger partial charge in [0.1, 0.15) is 5.75 Å². The molecule has 0 saturated carbocycles. The Hall–Kier alpha value is -1.74. The summed E-state index contributed by atoms with van der Waals surface area (Å²) in [5.74, 6) is 0.946. The van der Waals surface area contributed by atoms with E-state index in [9.17, 15) is 0 Å². The fraction of sp³-hybridized carbons (Fsp3) is 0.412. The lowest BCUT2D eigenvalue weighted by Crippen LogP contribution is -2.17. The van der Waals surface area contributed by atoms with Crippen LogP contribution < -0.4 is 10.1 Å². The van der Waals surface area contributed by atoms with Gasteiger partial charge in [-0.05, 0) is 50.6 Å². The van der Waals surface area contributed by atoms with Gasteiger partial charge >= 0.3 is 0 Å². The molecule has 0 amide bonds. The third-order valence-electron chi connectivity index (χ3n) is 3.71. The molecule has 0 atom stereocenters. The van der Waals surface area contributed by atoms with Gasteiger partial charge in [-0.15, -0.1) is 0 Å². The van der Waals surface area contributed by atoms with Crippen molar-refractivity contribution in [1.82, 2.24) is 9.88 Å². The van der Waals surface area contributed by atoms with Crippen LogP contribution in [0.3, 0.4) is 0 Å². The van der Waals surface area contributed by atoms with Crippen LogP contribution in [0.2, 0.25) is 0 Å². The molecule has 0 radical (unpaired) electrons. The van der Waals surface area contributed by atoms with Gasteiger partial charge in [0, 0.05) is 25.0 Å². The molecule has 108 valence electrons. The van der Waals surface area contributed by atoms with Gasteiger partial charge in [-0.25, -0.2) is 0 Å². The second-order valence-corrected chi connectivity index (χ2v) is 5.15. The molecule has 1 aromatic heterocycles. The fourth-order valence-corrected chi connectivity index (χ4v) is 2.24. The van der Waals surface area contributed by atoms with E-state index in [1.165, 1.54) is 17.0 Å². The van der Waals surface area contributed by atoms with E-state index >= 15 is 0 Å². The SMILES string of the molecule is Cc1cc(CNCCCOc2ccccc2)c(C)n1C. The van der Waals surface area contributed by atoms with Crippen molar-refractivity contribution in [2.45, 2.75) is 26.8 Å². The smallest absolute Gasteiger partial charge is 0.119 e. The molecule has 0 aliphatic carbocycles. The molecular weight excluding hydrogens is 248 g/mol. The summed E-state index contributed by atoms with van der Waals surface area (Å²) in [5, 5.41) is 3.48. The van der Waals surface area contributed by atoms with Crippen molar-refractivity contribution in [3.63, 3.8) is 0 Å². The van der Waals surface area contributed by atoms with Gasteiger partial charge in [0.2, 0.25) is 0 Å². The topological polar surface area (TPSA) is 26.2 Å². The lowest BCUT2D eigenvalue weighted by atomic mass is 10.2. The van der Waals surface area contributed by atoms with Crippen LogP contribution in [-0.2, 0) is 13.6 Å². The predicted octanol–water partition coefficient (Wildman–Crippen LogP) is 3.20. The highest BCUT2D eigenvalue weighted by Gasteiger charge is 2.04. The molecule has 0 spiro atoms. The van der Waals surface area contributed by atoms with Crippen LogP contribution in [-0.4, -0.2) is 17.7 Å². The van der Waals surface area contributed by atoms with Crippen LogP contribution in [0, 0.1) is 13.8 Å². The lowest BCUT2D eigenvalue weighted by Gasteiger charge is -2.07. The van der Waals surface area contributed by atoms with Crippen LogP contribution in [0.25, 0.3) is 0 Å². The molecule has 3 heteroatoms. The zero-order valence-electron chi connectivity index (χ0n) is 12.6. The fourth-order valence-electron chi connectivity index (χ4n) is 2.24. The number of hydrogen-bond donors (Lipinski definition) is 1. The Kier molecular flexibility index (Phi) is 5.24. The van der Waals surface area contributed by atoms with Crippen LogP contribution >= 0.6 is 0 Å². The molecule has 0 saturated heterocycles. The Morgan fingerprint density at radius 2 is 1.90 bits per heavy atom. The lowest BCUT2D eigenvalue weighted by molar-refractivity contribution is 0.308. The number of ether oxygens (including phenoxy) is 1. The normalized spacial score (nSPS) is 10.8. The summed E-state index contributed by atoms with van der Waals surface area (Å²) in [7, 11) is 2.11. The maximum atomic E-state index is 5.66. The Bertz CT molecular complexity index is 531. The quantitative estimate of drug-likeness (QED) is 0.783. The summed E-state index contributed by atoms with van der Waals surface area (Å²) in [6.45, 7) is 6.97. The minimum absolute atomic E-state index is 0.754. The minimum Gasteiger partial charge on any atom is -0.494 e. The summed E-state index contributed by atoms with van der Waals surface area (Å²) in [5.41, 5.74) is 4.04. The summed E-state index contributed by atoms with van der Waals surface area (Å²) < 4.78 is 7.89. The van der Waals surface area contributed by atoms with Gasteiger partial charge in [0.15, 0.2) is 0 Å². The van der Waals surface area contributed by atoms with Gasteiger partial charge in [-0.1, -0.05) is 18.2 Å². The number of para-hydroxylation sites is 1. The molecule has 0 bridgehead atoms. The number of hydrogen-bond acceptors (Lipinski definition) is 2. The van der Waals surface area contributed by atoms with Crippen molar-refractivity contribution in [3.8, 4) is 5.75 Å². The first-order valence-corrected chi connectivity index (χ1v) is 7.19. The number of rotatable bonds is 7. The summed E-state index contributed by atoms with van der Waals surface area (Å²) in [6, 6.07) is 12.2. The van der Waals surface area contributed by atoms with E-state index in [4.69, 9.17) is 4.74 Å². The zero-order chi connectivity index (χ0) is 14.4. The molecule has 3 nitrogen and oxygen atoms in total. The molecule has 20 heavy (non-hydrogen) atoms. The number of aromatic nitrogens is 1. The molecular formula is C17H24N2O. The molecule has 0 aliphatic rings. The maximum absolute atomic E-state index is 5.66. The summed E-state index contributed by atoms with van der Waals surface area (Å²) >= 11 is 0. The van der Waals surface area contributed by atoms with Gasteiger partial charge in [-0.3, -0.25) is 0 Å². The molecule has 1 N–H and O–H groups in total. The largest absolute Gasteiger partial charge is 0.494 e. The van der Waals surface area contributed by atoms with Crippen LogP contribution in [0.5, 0.6) is 5.75 Å². The van der Waals surface area contributed by atoms with Gasteiger partial charge in [0.05, 0.1) is 6.61 Å². The van der Waals surface area contributed by atoms with E-state index < -0.39 is 0 Å². The second kappa shape index (κ2) is 7.15. The minimum atomic E-state index is 0.754. The third kappa shape index (κ3) is 3.87. The highest BCUT2D eigenvalue weighted by atomic mass is 16.5. The van der Waals surface area contributed by atoms with Gasteiger partial charge < -0.3 is 14.6 Å². The average Bonchev–Trinajstić information content (AvgIpc) is 2.71. The number of benzene rings is 1. The van der Waals surface area contributed by atoms with E-state index in [-0.39, 0.29) is 0 Å². The second-order valence-electron chi connectivity index (χ2n) is 5.15. The molecule has 0 fully saturated rings. The van der Waals surface area contributed by atoms with Crippen molar-refractivity contribution in [2.24, 2.45) is 7.05 Å². The van der Waals surface area contributed by atoms with E-state index in [2.05, 4.69) is 36.8 Å². The van der Waals surface area contributed by atoms with Crippen LogP contribution in [0.15, 0.2) is 36.4 Å². The monoisotopic (exact) mass is 272 g/mol. The first-order valence-electron chi connectivity index (χ1n) is 7.19. The third-order valence-corrected chi connectivity index (χ3v) is 3.71. The Labute approximate surface area is 121 Å². The Morgan fingerprint density at radius 1 is 1.15 bits per heavy atom. The van der Waals surface area contributed by atoms with E-state index in [1.807, 2.05) is 30.3 Å². The molecule has 2 aromatic rings. The van der Waals surface area contributed by atoms with Crippen molar-refractivity contribution >= 4 is 0 Å². The average molecular weight is 272 g/mol. The highest BCUT2D eigenvalue weighted by Crippen LogP contribution is 2.12. The summed E-state index contributed by atoms with van der Waals surface area (Å²) in [4.78, 5) is 0. The zero-order valence-corrected chi connectivity index (χ0v) is 12.6. The van der Waals surface area contributed by atoms with Crippen LogP contribution in [0.1, 0.15) is 23.4 Å². The molecule has 1 aromatic carbocycles. The van der Waals surface area contributed by atoms with E-state index in [1.54, 1.807) is 0 Å². The molecule has 0 unspecified atom stereocenters. The first-order chi connectivity index (χ1) is 9.68. The Balaban J connectivity index is 1.63. The molecule has 2 rings (SSSR count). The standard InChI is InChI=1S/C17H24N2O/c1-14-12-16(15(2)19(14)3)13-18-10-7-11-20-17-8-5-4-6-9-17/h4-6,8-9,12,18H,7,10-11,13H2,1-3H3. The van der Waals surface area contributed by atoms with Crippen molar-refractivity contribution in [2.75, 3.05) is 13.2 Å². The summed E-state index contributed by atoms with van der Waals surface area (Å²) in [6.07, 6.45) is 1.01. The Morgan fingerprint density at radius 3 is 2.55 bits per heavy atom. The van der Waals surface area contributed by atoms with Crippen molar-refractivity contribution < 1.29 is 4.74 Å². The van der Waals surface area contributed by atoms with Crippen molar-refractivity contribution in [1.29, 1.82) is 0 Å².